The lowest BCUT2D eigenvalue weighted by Gasteiger charge is -2.26. The second-order valence-corrected chi connectivity index (χ2v) is 8.57. The minimum atomic E-state index is -0.359. The number of fused-ring (bicyclic) bond motifs is 1. The smallest absolute Gasteiger partial charge is 0.253 e. The summed E-state index contributed by atoms with van der Waals surface area (Å²) in [6.45, 7) is 6.21. The number of H-pyrrole nitrogens is 1. The van der Waals surface area contributed by atoms with Gasteiger partial charge in [0.2, 0.25) is 0 Å². The van der Waals surface area contributed by atoms with Crippen LogP contribution in [0.3, 0.4) is 0 Å². The highest BCUT2D eigenvalue weighted by Crippen LogP contribution is 2.30. The Balaban J connectivity index is 1.62. The van der Waals surface area contributed by atoms with Gasteiger partial charge in [0, 0.05) is 5.56 Å². The first-order valence-electron chi connectivity index (χ1n) is 10.9. The number of nitrogens with zero attached hydrogens (tertiary/aromatic N) is 5. The summed E-state index contributed by atoms with van der Waals surface area (Å²) in [5.41, 5.74) is 4.45. The molecule has 2 aromatic heterocycles. The third-order valence-corrected chi connectivity index (χ3v) is 6.17. The summed E-state index contributed by atoms with van der Waals surface area (Å²) in [5.74, 6) is 0.333. The van der Waals surface area contributed by atoms with Gasteiger partial charge in [-0.1, -0.05) is 23.8 Å². The number of hydrogen-bond donors (Lipinski definition) is 1. The molecule has 0 saturated carbocycles. The number of pyridine rings is 1. The van der Waals surface area contributed by atoms with Crippen molar-refractivity contribution in [3.8, 4) is 0 Å². The van der Waals surface area contributed by atoms with E-state index < -0.39 is 0 Å². The molecule has 7 nitrogen and oxygen atoms in total. The number of aromatic amines is 1. The molecule has 4 aromatic rings. The van der Waals surface area contributed by atoms with E-state index in [2.05, 4.69) is 44.5 Å². The number of likely N-dealkylation sites (tertiary alicyclic amines) is 1. The molecule has 0 amide bonds. The second-order valence-electron chi connectivity index (χ2n) is 8.57. The van der Waals surface area contributed by atoms with Crippen LogP contribution in [0.4, 0.5) is 4.39 Å². The summed E-state index contributed by atoms with van der Waals surface area (Å²) in [5, 5.41) is 13.5. The molecule has 0 bridgehead atoms. The number of rotatable bonds is 5. The molecule has 164 valence electrons. The maximum Gasteiger partial charge on any atom is 0.253 e. The van der Waals surface area contributed by atoms with Crippen molar-refractivity contribution in [1.82, 2.24) is 30.1 Å². The van der Waals surface area contributed by atoms with Crippen molar-refractivity contribution in [3.63, 3.8) is 0 Å². The fraction of sp³-hybridized carbons (Fsp3) is 0.333. The molecule has 8 heteroatoms. The third kappa shape index (κ3) is 3.82. The normalized spacial score (nSPS) is 15.5. The monoisotopic (exact) mass is 432 g/mol. The van der Waals surface area contributed by atoms with Crippen molar-refractivity contribution in [2.24, 2.45) is 0 Å². The van der Waals surface area contributed by atoms with Crippen LogP contribution >= 0.6 is 0 Å². The molecule has 1 aliphatic heterocycles. The van der Waals surface area contributed by atoms with Crippen LogP contribution in [0.1, 0.15) is 47.0 Å². The highest BCUT2D eigenvalue weighted by atomic mass is 19.1. The van der Waals surface area contributed by atoms with E-state index in [1.54, 1.807) is 16.8 Å². The van der Waals surface area contributed by atoms with Crippen molar-refractivity contribution >= 4 is 10.9 Å². The zero-order chi connectivity index (χ0) is 22.2. The fourth-order valence-electron chi connectivity index (χ4n) is 4.69. The lowest BCUT2D eigenvalue weighted by atomic mass is 10.0. The largest absolute Gasteiger partial charge is 0.321 e. The van der Waals surface area contributed by atoms with E-state index in [-0.39, 0.29) is 17.4 Å². The second kappa shape index (κ2) is 8.27. The molecule has 1 unspecified atom stereocenters. The highest BCUT2D eigenvalue weighted by Gasteiger charge is 2.32. The molecule has 1 saturated heterocycles. The topological polar surface area (TPSA) is 79.7 Å². The van der Waals surface area contributed by atoms with Gasteiger partial charge in [-0.05, 0) is 91.0 Å². The molecule has 2 aromatic carbocycles. The van der Waals surface area contributed by atoms with Crippen molar-refractivity contribution < 1.29 is 4.39 Å². The van der Waals surface area contributed by atoms with E-state index >= 15 is 0 Å². The van der Waals surface area contributed by atoms with Crippen LogP contribution in [0.5, 0.6) is 0 Å². The minimum Gasteiger partial charge on any atom is -0.321 e. The Morgan fingerprint density at radius 1 is 1.09 bits per heavy atom. The van der Waals surface area contributed by atoms with E-state index in [1.165, 1.54) is 12.1 Å². The predicted molar refractivity (Wildman–Crippen MR) is 120 cm³/mol. The van der Waals surface area contributed by atoms with Crippen LogP contribution < -0.4 is 5.56 Å². The van der Waals surface area contributed by atoms with Crippen molar-refractivity contribution in [2.45, 2.75) is 39.3 Å². The maximum atomic E-state index is 13.3. The standard InChI is InChI=1S/C24H25FN6O/c1-15-11-16(2)21-18(12-15)13-20(24(32)26-21)22(30-9-3-4-10-30)23-27-28-29-31(23)14-17-5-7-19(25)8-6-17/h5-8,11-13,22H,3-4,9-10,14H2,1-2H3,(H,26,32). The quantitative estimate of drug-likeness (QED) is 0.522. The van der Waals surface area contributed by atoms with Gasteiger partial charge >= 0.3 is 0 Å². The summed E-state index contributed by atoms with van der Waals surface area (Å²) >= 11 is 0. The molecule has 0 aliphatic carbocycles. The summed E-state index contributed by atoms with van der Waals surface area (Å²) in [7, 11) is 0. The van der Waals surface area contributed by atoms with Crippen LogP contribution in [0.15, 0.2) is 47.3 Å². The average Bonchev–Trinajstić information content (AvgIpc) is 3.44. The van der Waals surface area contributed by atoms with Crippen LogP contribution in [0.2, 0.25) is 0 Å². The minimum absolute atomic E-state index is 0.127. The summed E-state index contributed by atoms with van der Waals surface area (Å²) in [6, 6.07) is 12.1. The van der Waals surface area contributed by atoms with Crippen LogP contribution in [-0.2, 0) is 6.54 Å². The van der Waals surface area contributed by atoms with E-state index in [0.29, 0.717) is 17.9 Å². The van der Waals surface area contributed by atoms with Gasteiger partial charge in [-0.15, -0.1) is 5.10 Å². The molecular weight excluding hydrogens is 407 g/mol. The number of halogens is 1. The van der Waals surface area contributed by atoms with Gasteiger partial charge in [-0.3, -0.25) is 9.69 Å². The average molecular weight is 433 g/mol. The summed E-state index contributed by atoms with van der Waals surface area (Å²) < 4.78 is 15.0. The first kappa shape index (κ1) is 20.5. The molecule has 0 radical (unpaired) electrons. The molecule has 1 atom stereocenters. The van der Waals surface area contributed by atoms with E-state index in [4.69, 9.17) is 0 Å². The molecular formula is C24H25FN6O. The molecule has 1 N–H and O–H groups in total. The first-order chi connectivity index (χ1) is 15.5. The van der Waals surface area contributed by atoms with Crippen LogP contribution in [0.25, 0.3) is 10.9 Å². The number of tetrazole rings is 1. The zero-order valence-electron chi connectivity index (χ0n) is 18.2. The van der Waals surface area contributed by atoms with Crippen LogP contribution in [-0.4, -0.2) is 43.2 Å². The Morgan fingerprint density at radius 3 is 2.59 bits per heavy atom. The lowest BCUT2D eigenvalue weighted by molar-refractivity contribution is 0.263. The molecule has 1 aliphatic rings. The molecule has 32 heavy (non-hydrogen) atoms. The van der Waals surface area contributed by atoms with Gasteiger partial charge in [-0.25, -0.2) is 9.07 Å². The SMILES string of the molecule is Cc1cc(C)c2[nH]c(=O)c(C(c3nnnn3Cc3ccc(F)cc3)N3CCCC3)cc2c1. The van der Waals surface area contributed by atoms with Gasteiger partial charge in [-0.2, -0.15) is 0 Å². The zero-order valence-corrected chi connectivity index (χ0v) is 18.2. The Hall–Kier alpha value is -3.39. The van der Waals surface area contributed by atoms with E-state index in [0.717, 1.165) is 53.5 Å². The van der Waals surface area contributed by atoms with Gasteiger partial charge in [0.1, 0.15) is 11.9 Å². The summed E-state index contributed by atoms with van der Waals surface area (Å²) in [6.07, 6.45) is 2.14. The number of aromatic nitrogens is 5. The van der Waals surface area contributed by atoms with Gasteiger partial charge in [0.25, 0.3) is 5.56 Å². The fourth-order valence-corrected chi connectivity index (χ4v) is 4.69. The van der Waals surface area contributed by atoms with Gasteiger partial charge < -0.3 is 4.98 Å². The highest BCUT2D eigenvalue weighted by molar-refractivity contribution is 5.83. The van der Waals surface area contributed by atoms with Gasteiger partial charge in [0.05, 0.1) is 12.1 Å². The summed E-state index contributed by atoms with van der Waals surface area (Å²) in [4.78, 5) is 18.6. The Kier molecular flexibility index (Phi) is 5.30. The van der Waals surface area contributed by atoms with Crippen molar-refractivity contribution in [2.75, 3.05) is 13.1 Å². The van der Waals surface area contributed by atoms with Crippen molar-refractivity contribution in [3.05, 3.63) is 86.7 Å². The third-order valence-electron chi connectivity index (χ3n) is 6.17. The first-order valence-corrected chi connectivity index (χ1v) is 10.9. The maximum absolute atomic E-state index is 13.3. The molecule has 3 heterocycles. The number of nitrogens with one attached hydrogen (secondary N) is 1. The molecule has 5 rings (SSSR count). The van der Waals surface area contributed by atoms with Gasteiger partial charge in [0.15, 0.2) is 5.82 Å². The number of benzene rings is 2. The Morgan fingerprint density at radius 2 is 1.84 bits per heavy atom. The van der Waals surface area contributed by atoms with Crippen LogP contribution in [0, 0.1) is 19.7 Å². The Bertz CT molecular complexity index is 1320. The number of aryl methyl sites for hydroxylation is 2. The Labute approximate surface area is 184 Å². The molecule has 1 fully saturated rings. The lowest BCUT2D eigenvalue weighted by Crippen LogP contribution is -2.33. The van der Waals surface area contributed by atoms with E-state index in [9.17, 15) is 9.18 Å². The predicted octanol–water partition coefficient (Wildman–Crippen LogP) is 3.50. The van der Waals surface area contributed by atoms with Crippen molar-refractivity contribution in [1.29, 1.82) is 0 Å². The number of hydrogen-bond acceptors (Lipinski definition) is 5. The molecule has 0 spiro atoms. The van der Waals surface area contributed by atoms with E-state index in [1.807, 2.05) is 13.0 Å².